The molecule has 1 unspecified atom stereocenters. The Labute approximate surface area is 108 Å². The number of likely N-dealkylation sites (tertiary alicyclic amines) is 1. The highest BCUT2D eigenvalue weighted by Crippen LogP contribution is 2.18. The van der Waals surface area contributed by atoms with E-state index in [9.17, 15) is 0 Å². The third kappa shape index (κ3) is 6.42. The average molecular weight is 240 g/mol. The molecule has 17 heavy (non-hydrogen) atoms. The summed E-state index contributed by atoms with van der Waals surface area (Å²) in [5.74, 6) is 0. The first-order valence-electron chi connectivity index (χ1n) is 7.36. The van der Waals surface area contributed by atoms with Gasteiger partial charge in [0.2, 0.25) is 0 Å². The van der Waals surface area contributed by atoms with Crippen molar-refractivity contribution < 1.29 is 0 Å². The van der Waals surface area contributed by atoms with Gasteiger partial charge in [0.25, 0.3) is 0 Å². The lowest BCUT2D eigenvalue weighted by Gasteiger charge is -2.25. The molecule has 0 aromatic heterocycles. The van der Waals surface area contributed by atoms with Crippen molar-refractivity contribution in [2.75, 3.05) is 19.6 Å². The van der Waals surface area contributed by atoms with Gasteiger partial charge in [0, 0.05) is 12.1 Å². The molecule has 102 valence electrons. The smallest absolute Gasteiger partial charge is 0.00797 e. The molecule has 0 spiro atoms. The van der Waals surface area contributed by atoms with Crippen LogP contribution in [0.3, 0.4) is 0 Å². The zero-order valence-electron chi connectivity index (χ0n) is 12.6. The molecule has 0 saturated carbocycles. The SMILES string of the molecule is CC(C)N1CCCC(NCCC(C)(C)C)CC1. The first-order valence-corrected chi connectivity index (χ1v) is 7.36. The Morgan fingerprint density at radius 3 is 2.47 bits per heavy atom. The Kier molecular flexibility index (Phi) is 5.94. The van der Waals surface area contributed by atoms with E-state index in [2.05, 4.69) is 44.8 Å². The van der Waals surface area contributed by atoms with Crippen molar-refractivity contribution in [3.8, 4) is 0 Å². The van der Waals surface area contributed by atoms with E-state index in [-0.39, 0.29) is 0 Å². The molecular formula is C15H32N2. The molecule has 1 fully saturated rings. The summed E-state index contributed by atoms with van der Waals surface area (Å²) in [5, 5.41) is 3.75. The average Bonchev–Trinajstić information content (AvgIpc) is 2.41. The minimum absolute atomic E-state index is 0.460. The maximum Gasteiger partial charge on any atom is 0.00797 e. The number of nitrogens with zero attached hydrogens (tertiary/aromatic N) is 1. The van der Waals surface area contributed by atoms with Crippen molar-refractivity contribution in [2.45, 2.75) is 72.4 Å². The minimum Gasteiger partial charge on any atom is -0.314 e. The molecule has 1 atom stereocenters. The fourth-order valence-corrected chi connectivity index (χ4v) is 2.49. The summed E-state index contributed by atoms with van der Waals surface area (Å²) in [6, 6.07) is 1.46. The van der Waals surface area contributed by atoms with Crippen molar-refractivity contribution in [1.29, 1.82) is 0 Å². The van der Waals surface area contributed by atoms with Gasteiger partial charge in [-0.2, -0.15) is 0 Å². The van der Waals surface area contributed by atoms with Crippen LogP contribution in [0.25, 0.3) is 0 Å². The Bertz CT molecular complexity index is 205. The zero-order valence-corrected chi connectivity index (χ0v) is 12.6. The highest BCUT2D eigenvalue weighted by Gasteiger charge is 2.18. The van der Waals surface area contributed by atoms with Crippen molar-refractivity contribution in [1.82, 2.24) is 10.2 Å². The predicted molar refractivity (Wildman–Crippen MR) is 76.4 cm³/mol. The third-order valence-corrected chi connectivity index (χ3v) is 3.80. The third-order valence-electron chi connectivity index (χ3n) is 3.80. The highest BCUT2D eigenvalue weighted by atomic mass is 15.1. The van der Waals surface area contributed by atoms with Gasteiger partial charge in [-0.1, -0.05) is 20.8 Å². The Morgan fingerprint density at radius 1 is 1.18 bits per heavy atom. The van der Waals surface area contributed by atoms with Gasteiger partial charge in [-0.05, 0) is 64.6 Å². The molecule has 0 aromatic carbocycles. The van der Waals surface area contributed by atoms with Gasteiger partial charge in [-0.25, -0.2) is 0 Å². The van der Waals surface area contributed by atoms with E-state index >= 15 is 0 Å². The van der Waals surface area contributed by atoms with Crippen LogP contribution in [-0.2, 0) is 0 Å². The maximum atomic E-state index is 3.75. The van der Waals surface area contributed by atoms with Gasteiger partial charge < -0.3 is 10.2 Å². The van der Waals surface area contributed by atoms with Crippen LogP contribution < -0.4 is 5.32 Å². The van der Waals surface area contributed by atoms with Crippen LogP contribution >= 0.6 is 0 Å². The van der Waals surface area contributed by atoms with Crippen molar-refractivity contribution in [2.24, 2.45) is 5.41 Å². The summed E-state index contributed by atoms with van der Waals surface area (Å²) in [6.07, 6.45) is 5.30. The quantitative estimate of drug-likeness (QED) is 0.811. The van der Waals surface area contributed by atoms with Crippen LogP contribution in [-0.4, -0.2) is 36.6 Å². The van der Waals surface area contributed by atoms with Gasteiger partial charge in [0.05, 0.1) is 0 Å². The summed E-state index contributed by atoms with van der Waals surface area (Å²) >= 11 is 0. The molecular weight excluding hydrogens is 208 g/mol. The van der Waals surface area contributed by atoms with Crippen molar-refractivity contribution in [3.05, 3.63) is 0 Å². The number of hydrogen-bond donors (Lipinski definition) is 1. The van der Waals surface area contributed by atoms with Gasteiger partial charge in [-0.3, -0.25) is 0 Å². The van der Waals surface area contributed by atoms with E-state index in [0.717, 1.165) is 6.04 Å². The summed E-state index contributed by atoms with van der Waals surface area (Å²) in [4.78, 5) is 2.62. The number of nitrogens with one attached hydrogen (secondary N) is 1. The molecule has 0 bridgehead atoms. The summed E-state index contributed by atoms with van der Waals surface area (Å²) < 4.78 is 0. The number of hydrogen-bond acceptors (Lipinski definition) is 2. The highest BCUT2D eigenvalue weighted by molar-refractivity contribution is 4.77. The molecule has 2 heteroatoms. The molecule has 0 aromatic rings. The zero-order chi connectivity index (χ0) is 12.9. The second-order valence-electron chi connectivity index (χ2n) is 7.02. The Morgan fingerprint density at radius 2 is 1.88 bits per heavy atom. The Balaban J connectivity index is 2.23. The maximum absolute atomic E-state index is 3.75. The van der Waals surface area contributed by atoms with Crippen LogP contribution in [0, 0.1) is 5.41 Å². The van der Waals surface area contributed by atoms with E-state index in [0.29, 0.717) is 11.5 Å². The largest absolute Gasteiger partial charge is 0.314 e. The fraction of sp³-hybridized carbons (Fsp3) is 1.00. The molecule has 0 aliphatic carbocycles. The van der Waals surface area contributed by atoms with Gasteiger partial charge in [0.1, 0.15) is 0 Å². The normalized spacial score (nSPS) is 24.0. The summed E-state index contributed by atoms with van der Waals surface area (Å²) in [7, 11) is 0. The topological polar surface area (TPSA) is 15.3 Å². The Hall–Kier alpha value is -0.0800. The van der Waals surface area contributed by atoms with Crippen LogP contribution in [0.5, 0.6) is 0 Å². The van der Waals surface area contributed by atoms with Crippen molar-refractivity contribution >= 4 is 0 Å². The molecule has 1 saturated heterocycles. The molecule has 1 rings (SSSR count). The molecule has 1 aliphatic heterocycles. The lowest BCUT2D eigenvalue weighted by atomic mass is 9.92. The minimum atomic E-state index is 0.460. The van der Waals surface area contributed by atoms with Crippen molar-refractivity contribution in [3.63, 3.8) is 0 Å². The lowest BCUT2D eigenvalue weighted by Crippen LogP contribution is -2.35. The van der Waals surface area contributed by atoms with Crippen LogP contribution in [0.4, 0.5) is 0 Å². The van der Waals surface area contributed by atoms with Gasteiger partial charge in [0.15, 0.2) is 0 Å². The first-order chi connectivity index (χ1) is 7.88. The molecule has 0 radical (unpaired) electrons. The second-order valence-corrected chi connectivity index (χ2v) is 7.02. The molecule has 0 amide bonds. The molecule has 1 N–H and O–H groups in total. The van der Waals surface area contributed by atoms with Gasteiger partial charge in [-0.15, -0.1) is 0 Å². The van der Waals surface area contributed by atoms with E-state index in [1.807, 2.05) is 0 Å². The summed E-state index contributed by atoms with van der Waals surface area (Å²) in [5.41, 5.74) is 0.460. The monoisotopic (exact) mass is 240 g/mol. The second kappa shape index (κ2) is 6.75. The first kappa shape index (κ1) is 15.0. The number of rotatable bonds is 4. The standard InChI is InChI=1S/C15H32N2/c1-13(2)17-11-6-7-14(8-12-17)16-10-9-15(3,4)5/h13-14,16H,6-12H2,1-5H3. The van der Waals surface area contributed by atoms with Gasteiger partial charge >= 0.3 is 0 Å². The molecule has 1 heterocycles. The van der Waals surface area contributed by atoms with E-state index in [1.54, 1.807) is 0 Å². The van der Waals surface area contributed by atoms with E-state index in [1.165, 1.54) is 45.3 Å². The van der Waals surface area contributed by atoms with Crippen LogP contribution in [0.1, 0.15) is 60.3 Å². The lowest BCUT2D eigenvalue weighted by molar-refractivity contribution is 0.228. The van der Waals surface area contributed by atoms with Crippen LogP contribution in [0.2, 0.25) is 0 Å². The van der Waals surface area contributed by atoms with Crippen LogP contribution in [0.15, 0.2) is 0 Å². The van der Waals surface area contributed by atoms with E-state index < -0.39 is 0 Å². The fourth-order valence-electron chi connectivity index (χ4n) is 2.49. The van der Waals surface area contributed by atoms with E-state index in [4.69, 9.17) is 0 Å². The summed E-state index contributed by atoms with van der Waals surface area (Å²) in [6.45, 7) is 15.3. The molecule has 1 aliphatic rings. The predicted octanol–water partition coefficient (Wildman–Crippen LogP) is 3.28. The molecule has 2 nitrogen and oxygen atoms in total.